The first kappa shape index (κ1) is 42.4. The normalized spacial score (nSPS) is 28.7. The van der Waals surface area contributed by atoms with E-state index in [2.05, 4.69) is 20.6 Å². The molecular formula is C40H49N5O12. The van der Waals surface area contributed by atoms with Crippen LogP contribution in [-0.2, 0) is 23.8 Å². The van der Waals surface area contributed by atoms with Gasteiger partial charge < -0.3 is 49.8 Å². The Hall–Kier alpha value is -5.78. The number of benzene rings is 2. The van der Waals surface area contributed by atoms with Crippen molar-refractivity contribution in [1.29, 1.82) is 0 Å². The van der Waals surface area contributed by atoms with Crippen LogP contribution in [-0.4, -0.2) is 102 Å². The number of carbonyl (C=O) groups is 3. The van der Waals surface area contributed by atoms with Crippen LogP contribution in [0.4, 0.5) is 5.69 Å². The van der Waals surface area contributed by atoms with Crippen LogP contribution in [0.5, 0.6) is 23.0 Å². The molecule has 0 fully saturated rings. The Kier molecular flexibility index (Phi) is 12.5. The van der Waals surface area contributed by atoms with E-state index in [0.29, 0.717) is 0 Å². The number of aliphatic hydroxyl groups excluding tert-OH is 2. The summed E-state index contributed by atoms with van der Waals surface area (Å²) in [5.74, 6) is -8.72. The zero-order chi connectivity index (χ0) is 42.1. The number of anilines is 1. The van der Waals surface area contributed by atoms with Crippen LogP contribution in [0.2, 0.25) is 0 Å². The number of esters is 1. The van der Waals surface area contributed by atoms with Crippen molar-refractivity contribution in [2.24, 2.45) is 28.8 Å². The van der Waals surface area contributed by atoms with E-state index in [4.69, 9.17) is 18.9 Å². The van der Waals surface area contributed by atoms with Crippen molar-refractivity contribution in [3.05, 3.63) is 65.5 Å². The lowest BCUT2D eigenvalue weighted by atomic mass is 9.78. The van der Waals surface area contributed by atoms with E-state index in [-0.39, 0.29) is 44.5 Å². The average Bonchev–Trinajstić information content (AvgIpc) is 3.79. The number of hydrogen-bond acceptors (Lipinski definition) is 15. The molecule has 3 aliphatic heterocycles. The van der Waals surface area contributed by atoms with Crippen LogP contribution in [0, 0.1) is 30.6 Å². The highest BCUT2D eigenvalue weighted by atomic mass is 16.7. The van der Waals surface area contributed by atoms with Crippen molar-refractivity contribution in [3.63, 3.8) is 0 Å². The van der Waals surface area contributed by atoms with E-state index in [0.717, 1.165) is 6.21 Å². The number of methoxy groups -OCH3 is 1. The number of allylic oxidation sites excluding steroid dienone is 2. The zero-order valence-electron chi connectivity index (χ0n) is 33.1. The molecule has 6 rings (SSSR count). The number of Topliss-reactive ketones (excluding diaryl/α,β-unsaturated/α-hetero) is 1. The lowest BCUT2D eigenvalue weighted by Crippen LogP contribution is -2.46. The van der Waals surface area contributed by atoms with Gasteiger partial charge in [0.2, 0.25) is 0 Å². The van der Waals surface area contributed by atoms with Gasteiger partial charge in [-0.05, 0) is 19.9 Å². The van der Waals surface area contributed by atoms with Gasteiger partial charge >= 0.3 is 11.8 Å². The molecule has 4 heterocycles. The number of hydrogen-bond donors (Lipinski definition) is 6. The summed E-state index contributed by atoms with van der Waals surface area (Å²) in [5.41, 5.74) is -0.655. The SMILES string of the molecule is COC1C=COC2(C)Oc3c(C)c(O)c4c(O)c(c(C=Nn5cnnc5)c(O)c4c3C2=O)NC(=O)C(C)=CC=CC(C)C(O)C(C)C(O)C(C)C(OC(C)=O)C1C. The number of rotatable bonds is 4. The van der Waals surface area contributed by atoms with Crippen LogP contribution in [0.3, 0.4) is 0 Å². The molecule has 0 radical (unpaired) electrons. The van der Waals surface area contributed by atoms with Crippen molar-refractivity contribution < 1.29 is 58.9 Å². The number of nitrogens with one attached hydrogen (secondary N) is 1. The minimum Gasteiger partial charge on any atom is -0.507 e. The van der Waals surface area contributed by atoms with Crippen LogP contribution in [0.25, 0.3) is 10.8 Å². The molecule has 3 aromatic rings. The molecule has 6 N–H and O–H groups in total. The Morgan fingerprint density at radius 3 is 2.26 bits per heavy atom. The molecule has 306 valence electrons. The van der Waals surface area contributed by atoms with Gasteiger partial charge in [-0.3, -0.25) is 14.4 Å². The van der Waals surface area contributed by atoms with Crippen molar-refractivity contribution in [3.8, 4) is 23.0 Å². The summed E-state index contributed by atoms with van der Waals surface area (Å²) in [7, 11) is 1.42. The molecule has 1 aromatic heterocycles. The summed E-state index contributed by atoms with van der Waals surface area (Å²) in [6.07, 6.45) is 7.00. The number of fused-ring (bicyclic) bond motifs is 14. The molecule has 1 amide bonds. The third kappa shape index (κ3) is 8.08. The molecule has 9 unspecified atom stereocenters. The van der Waals surface area contributed by atoms with E-state index in [9.17, 15) is 39.9 Å². The minimum atomic E-state index is -2.07. The second-order valence-corrected chi connectivity index (χ2v) is 14.7. The van der Waals surface area contributed by atoms with Gasteiger partial charge in [0.15, 0.2) is 5.75 Å². The summed E-state index contributed by atoms with van der Waals surface area (Å²) in [6.45, 7) is 12.4. The zero-order valence-corrected chi connectivity index (χ0v) is 33.1. The van der Waals surface area contributed by atoms with E-state index < -0.39 is 88.8 Å². The predicted molar refractivity (Wildman–Crippen MR) is 207 cm³/mol. The first-order chi connectivity index (χ1) is 26.8. The standard InChI is InChI=1S/C40H49N5O12/c1-18-11-10-12-19(2)39(53)44-30-25(15-43-45-16-41-42-17-45)34(50)27-28(35(30)51)33(49)23(6)37-29(27)38(52)40(8,57-37)55-14-13-26(54-9)20(3)36(56-24(7)46)22(5)32(48)21(4)31(18)47/h10-18,20-22,26,31-32,36,47-51H,1-9H3,(H,44,53). The molecule has 17 nitrogen and oxygen atoms in total. The highest BCUT2D eigenvalue weighted by Crippen LogP contribution is 2.55. The van der Waals surface area contributed by atoms with Gasteiger partial charge in [0.05, 0.1) is 53.0 Å². The number of amides is 1. The first-order valence-corrected chi connectivity index (χ1v) is 18.3. The van der Waals surface area contributed by atoms with Gasteiger partial charge in [0.1, 0.15) is 36.0 Å². The highest BCUT2D eigenvalue weighted by molar-refractivity contribution is 6.23. The summed E-state index contributed by atoms with van der Waals surface area (Å²) in [6, 6.07) is 0. The van der Waals surface area contributed by atoms with Gasteiger partial charge in [-0.25, -0.2) is 4.68 Å². The Bertz CT molecular complexity index is 2160. The molecule has 5 bridgehead atoms. The monoisotopic (exact) mass is 791 g/mol. The number of aromatic nitrogens is 3. The third-order valence-electron chi connectivity index (χ3n) is 10.8. The van der Waals surface area contributed by atoms with Gasteiger partial charge in [0, 0.05) is 61.2 Å². The number of carbonyl (C=O) groups excluding carboxylic acids is 3. The quantitative estimate of drug-likeness (QED) is 0.0938. The van der Waals surface area contributed by atoms with Crippen molar-refractivity contribution in [2.45, 2.75) is 85.6 Å². The van der Waals surface area contributed by atoms with E-state index in [1.165, 1.54) is 70.5 Å². The maximum absolute atomic E-state index is 14.3. The fourth-order valence-corrected chi connectivity index (χ4v) is 7.25. The van der Waals surface area contributed by atoms with Gasteiger partial charge in [0.25, 0.3) is 11.7 Å². The molecule has 0 aliphatic carbocycles. The maximum atomic E-state index is 14.3. The second-order valence-electron chi connectivity index (χ2n) is 14.7. The number of ketones is 1. The molecule has 3 aliphatic rings. The second kappa shape index (κ2) is 16.8. The number of phenols is 3. The van der Waals surface area contributed by atoms with Gasteiger partial charge in [-0.1, -0.05) is 45.9 Å². The lowest BCUT2D eigenvalue weighted by molar-refractivity contribution is -0.160. The van der Waals surface area contributed by atoms with Crippen LogP contribution in [0.15, 0.2) is 53.9 Å². The fraction of sp³-hybridized carbons (Fsp3) is 0.450. The Morgan fingerprint density at radius 2 is 1.63 bits per heavy atom. The van der Waals surface area contributed by atoms with E-state index >= 15 is 0 Å². The number of aromatic hydroxyl groups is 3. The van der Waals surface area contributed by atoms with Crippen LogP contribution >= 0.6 is 0 Å². The summed E-state index contributed by atoms with van der Waals surface area (Å²) < 4.78 is 24.6. The summed E-state index contributed by atoms with van der Waals surface area (Å²) >= 11 is 0. The third-order valence-corrected chi connectivity index (χ3v) is 10.8. The van der Waals surface area contributed by atoms with E-state index in [1.54, 1.807) is 39.8 Å². The van der Waals surface area contributed by atoms with Gasteiger partial charge in [-0.2, -0.15) is 5.10 Å². The molecular weight excluding hydrogens is 742 g/mol. The summed E-state index contributed by atoms with van der Waals surface area (Å²) in [5, 5.41) is 71.5. The predicted octanol–water partition coefficient (Wildman–Crippen LogP) is 4.23. The van der Waals surface area contributed by atoms with Crippen LogP contribution in [0.1, 0.15) is 70.0 Å². The molecule has 0 spiro atoms. The Morgan fingerprint density at radius 1 is 0.965 bits per heavy atom. The Balaban J connectivity index is 1.72. The molecule has 9 atom stereocenters. The smallest absolute Gasteiger partial charge is 0.312 e. The number of aliphatic hydroxyl groups is 2. The molecule has 0 saturated carbocycles. The maximum Gasteiger partial charge on any atom is 0.312 e. The highest BCUT2D eigenvalue weighted by Gasteiger charge is 2.50. The molecule has 2 aromatic carbocycles. The largest absolute Gasteiger partial charge is 0.507 e. The Labute approximate surface area is 328 Å². The number of nitrogens with zero attached hydrogens (tertiary/aromatic N) is 4. The lowest BCUT2D eigenvalue weighted by Gasteiger charge is -2.38. The fourth-order valence-electron chi connectivity index (χ4n) is 7.25. The molecule has 17 heteroatoms. The molecule has 57 heavy (non-hydrogen) atoms. The summed E-state index contributed by atoms with van der Waals surface area (Å²) in [4.78, 5) is 40.2. The van der Waals surface area contributed by atoms with Crippen molar-refractivity contribution >= 4 is 40.3 Å². The topological polar surface area (TPSA) is 244 Å². The van der Waals surface area contributed by atoms with Crippen LogP contribution < -0.4 is 10.1 Å². The van der Waals surface area contributed by atoms with Crippen molar-refractivity contribution in [1.82, 2.24) is 14.9 Å². The minimum absolute atomic E-state index is 0.0254. The number of ether oxygens (including phenoxy) is 4. The van der Waals surface area contributed by atoms with Gasteiger partial charge in [-0.15, -0.1) is 10.2 Å². The molecule has 0 saturated heterocycles. The van der Waals surface area contributed by atoms with Crippen molar-refractivity contribution in [2.75, 3.05) is 12.4 Å². The van der Waals surface area contributed by atoms with E-state index in [1.807, 2.05) is 0 Å². The number of phenolic OH excluding ortho intramolecular Hbond substituents is 3. The average molecular weight is 792 g/mol. The first-order valence-electron chi connectivity index (χ1n) is 18.3.